The van der Waals surface area contributed by atoms with Crippen LogP contribution in [0.4, 0.5) is 0 Å². The van der Waals surface area contributed by atoms with E-state index < -0.39 is 0 Å². The summed E-state index contributed by atoms with van der Waals surface area (Å²) in [6.45, 7) is 7.92. The maximum atomic E-state index is 12.0. The molecule has 2 rings (SSSR count). The first kappa shape index (κ1) is 14.7. The first-order valence-electron chi connectivity index (χ1n) is 6.69. The van der Waals surface area contributed by atoms with Crippen LogP contribution in [0.2, 0.25) is 0 Å². The molecule has 0 aliphatic rings. The van der Waals surface area contributed by atoms with Crippen LogP contribution in [0, 0.1) is 20.8 Å². The lowest BCUT2D eigenvalue weighted by atomic mass is 10.1. The number of rotatable bonds is 5. The van der Waals surface area contributed by atoms with Gasteiger partial charge in [-0.2, -0.15) is 5.10 Å². The molecule has 0 spiro atoms. The molecule has 0 aromatic carbocycles. The summed E-state index contributed by atoms with van der Waals surface area (Å²) in [5, 5.41) is 13.1. The zero-order valence-corrected chi connectivity index (χ0v) is 13.1. The molecule has 5 nitrogen and oxygen atoms in total. The third-order valence-corrected chi connectivity index (χ3v) is 4.47. The summed E-state index contributed by atoms with van der Waals surface area (Å²) < 4.78 is 0. The molecule has 108 valence electrons. The van der Waals surface area contributed by atoms with E-state index >= 15 is 0 Å². The molecule has 0 saturated carbocycles. The van der Waals surface area contributed by atoms with Crippen LogP contribution < -0.4 is 5.32 Å². The Labute approximate surface area is 122 Å². The molecule has 20 heavy (non-hydrogen) atoms. The molecule has 2 heterocycles. The maximum Gasteiger partial charge on any atom is 0.220 e. The van der Waals surface area contributed by atoms with Crippen molar-refractivity contribution < 1.29 is 4.79 Å². The van der Waals surface area contributed by atoms with Crippen LogP contribution in [0.3, 0.4) is 0 Å². The summed E-state index contributed by atoms with van der Waals surface area (Å²) in [6, 6.07) is -0.0387. The Morgan fingerprint density at radius 3 is 2.75 bits per heavy atom. The van der Waals surface area contributed by atoms with Crippen molar-refractivity contribution in [2.45, 2.75) is 46.6 Å². The predicted molar refractivity (Wildman–Crippen MR) is 79.8 cm³/mol. The van der Waals surface area contributed by atoms with Gasteiger partial charge >= 0.3 is 0 Å². The van der Waals surface area contributed by atoms with Gasteiger partial charge in [0.05, 0.1) is 11.7 Å². The SMILES string of the molecule is Cc1csc([C@@H](C)NC(=O)CCc2n[nH]c(C)c2C)n1. The van der Waals surface area contributed by atoms with Crippen LogP contribution in [0.25, 0.3) is 0 Å². The van der Waals surface area contributed by atoms with E-state index in [0.717, 1.165) is 27.7 Å². The number of carbonyl (C=O) groups excluding carboxylic acids is 1. The number of nitrogens with one attached hydrogen (secondary N) is 2. The summed E-state index contributed by atoms with van der Waals surface area (Å²) in [7, 11) is 0. The minimum Gasteiger partial charge on any atom is -0.347 e. The van der Waals surface area contributed by atoms with Gasteiger partial charge in [-0.05, 0) is 33.3 Å². The Balaban J connectivity index is 1.85. The van der Waals surface area contributed by atoms with Crippen LogP contribution in [-0.2, 0) is 11.2 Å². The van der Waals surface area contributed by atoms with Crippen molar-refractivity contribution in [1.82, 2.24) is 20.5 Å². The average Bonchev–Trinajstić information content (AvgIpc) is 2.96. The third kappa shape index (κ3) is 3.45. The quantitative estimate of drug-likeness (QED) is 0.890. The highest BCUT2D eigenvalue weighted by Crippen LogP contribution is 2.17. The van der Waals surface area contributed by atoms with Crippen LogP contribution in [0.5, 0.6) is 0 Å². The number of hydrogen-bond donors (Lipinski definition) is 2. The Bertz CT molecular complexity index is 602. The van der Waals surface area contributed by atoms with Crippen molar-refractivity contribution in [2.24, 2.45) is 0 Å². The van der Waals surface area contributed by atoms with Crippen molar-refractivity contribution in [3.05, 3.63) is 33.0 Å². The Morgan fingerprint density at radius 1 is 1.45 bits per heavy atom. The van der Waals surface area contributed by atoms with E-state index in [1.54, 1.807) is 11.3 Å². The second kappa shape index (κ2) is 6.17. The number of aromatic nitrogens is 3. The van der Waals surface area contributed by atoms with Gasteiger partial charge in [0, 0.05) is 29.6 Å². The smallest absolute Gasteiger partial charge is 0.220 e. The first-order valence-corrected chi connectivity index (χ1v) is 7.57. The number of thiazole rings is 1. The van der Waals surface area contributed by atoms with Crippen molar-refractivity contribution >= 4 is 17.2 Å². The molecule has 1 atom stereocenters. The Kier molecular flexibility index (Phi) is 4.54. The average molecular weight is 292 g/mol. The number of H-pyrrole nitrogens is 1. The minimum absolute atomic E-state index is 0.0328. The normalized spacial score (nSPS) is 12.4. The Hall–Kier alpha value is -1.69. The number of hydrogen-bond acceptors (Lipinski definition) is 4. The largest absolute Gasteiger partial charge is 0.347 e. The van der Waals surface area contributed by atoms with Gasteiger partial charge in [-0.25, -0.2) is 4.98 Å². The van der Waals surface area contributed by atoms with Gasteiger partial charge in [0.1, 0.15) is 5.01 Å². The van der Waals surface area contributed by atoms with Gasteiger partial charge in [0.2, 0.25) is 5.91 Å². The lowest BCUT2D eigenvalue weighted by Crippen LogP contribution is -2.26. The maximum absolute atomic E-state index is 12.0. The number of amides is 1. The zero-order chi connectivity index (χ0) is 14.7. The Morgan fingerprint density at radius 2 is 2.20 bits per heavy atom. The van der Waals surface area contributed by atoms with Crippen LogP contribution in [0.1, 0.15) is 47.0 Å². The molecular weight excluding hydrogens is 272 g/mol. The molecule has 0 radical (unpaired) electrons. The van der Waals surface area contributed by atoms with E-state index in [1.165, 1.54) is 0 Å². The van der Waals surface area contributed by atoms with Crippen molar-refractivity contribution in [2.75, 3.05) is 0 Å². The first-order chi connectivity index (χ1) is 9.47. The predicted octanol–water partition coefficient (Wildman–Crippen LogP) is 2.60. The fourth-order valence-corrected chi connectivity index (χ4v) is 2.76. The van der Waals surface area contributed by atoms with Gasteiger partial charge in [0.15, 0.2) is 0 Å². The van der Waals surface area contributed by atoms with Crippen LogP contribution in [0.15, 0.2) is 5.38 Å². The molecule has 0 saturated heterocycles. The summed E-state index contributed by atoms with van der Waals surface area (Å²) in [4.78, 5) is 16.3. The monoisotopic (exact) mass is 292 g/mol. The lowest BCUT2D eigenvalue weighted by molar-refractivity contribution is -0.121. The number of aryl methyl sites for hydroxylation is 3. The van der Waals surface area contributed by atoms with E-state index in [-0.39, 0.29) is 11.9 Å². The standard InChI is InChI=1S/C14H20N4OS/c1-8-7-20-14(15-8)11(4)16-13(19)6-5-12-9(2)10(3)17-18-12/h7,11H,5-6H2,1-4H3,(H,16,19)(H,17,18)/t11-/m1/s1. The van der Waals surface area contributed by atoms with E-state index in [0.29, 0.717) is 12.8 Å². The van der Waals surface area contributed by atoms with Crippen LogP contribution in [-0.4, -0.2) is 21.1 Å². The van der Waals surface area contributed by atoms with E-state index in [9.17, 15) is 4.79 Å². The molecule has 1 amide bonds. The van der Waals surface area contributed by atoms with Gasteiger partial charge in [-0.3, -0.25) is 9.89 Å². The van der Waals surface area contributed by atoms with E-state index in [4.69, 9.17) is 0 Å². The molecule has 0 unspecified atom stereocenters. The molecule has 0 aliphatic heterocycles. The summed E-state index contributed by atoms with van der Waals surface area (Å²) in [6.07, 6.45) is 1.10. The van der Waals surface area contributed by atoms with Gasteiger partial charge in [0.25, 0.3) is 0 Å². The topological polar surface area (TPSA) is 70.7 Å². The molecule has 2 aromatic rings. The highest BCUT2D eigenvalue weighted by atomic mass is 32.1. The summed E-state index contributed by atoms with van der Waals surface area (Å²) in [5.41, 5.74) is 4.16. The zero-order valence-electron chi connectivity index (χ0n) is 12.3. The molecule has 2 N–H and O–H groups in total. The minimum atomic E-state index is -0.0387. The second-order valence-corrected chi connectivity index (χ2v) is 5.93. The number of carbonyl (C=O) groups is 1. The fourth-order valence-electron chi connectivity index (χ4n) is 1.96. The molecular formula is C14H20N4OS. The molecule has 0 aliphatic carbocycles. The molecule has 2 aromatic heterocycles. The highest BCUT2D eigenvalue weighted by Gasteiger charge is 2.14. The van der Waals surface area contributed by atoms with E-state index in [1.807, 2.05) is 33.1 Å². The molecule has 0 bridgehead atoms. The molecule has 6 heteroatoms. The highest BCUT2D eigenvalue weighted by molar-refractivity contribution is 7.09. The summed E-state index contributed by atoms with van der Waals surface area (Å²) >= 11 is 1.58. The summed E-state index contributed by atoms with van der Waals surface area (Å²) in [5.74, 6) is 0.0328. The lowest BCUT2D eigenvalue weighted by Gasteiger charge is -2.10. The van der Waals surface area contributed by atoms with Crippen molar-refractivity contribution in [3.63, 3.8) is 0 Å². The van der Waals surface area contributed by atoms with Gasteiger partial charge in [-0.15, -0.1) is 11.3 Å². The number of aromatic amines is 1. The molecule has 0 fully saturated rings. The van der Waals surface area contributed by atoms with Crippen LogP contribution >= 0.6 is 11.3 Å². The van der Waals surface area contributed by atoms with Gasteiger partial charge < -0.3 is 5.32 Å². The van der Waals surface area contributed by atoms with E-state index in [2.05, 4.69) is 20.5 Å². The fraction of sp³-hybridized carbons (Fsp3) is 0.500. The van der Waals surface area contributed by atoms with Crippen molar-refractivity contribution in [3.8, 4) is 0 Å². The van der Waals surface area contributed by atoms with Gasteiger partial charge in [-0.1, -0.05) is 0 Å². The van der Waals surface area contributed by atoms with Crippen molar-refractivity contribution in [1.29, 1.82) is 0 Å². The second-order valence-electron chi connectivity index (χ2n) is 5.04. The number of nitrogens with zero attached hydrogens (tertiary/aromatic N) is 2. The third-order valence-electron chi connectivity index (χ3n) is 3.33.